The molecule has 1 fully saturated rings. The molecular formula is C20H19N3O. The Hall–Kier alpha value is -2.75. The molecule has 2 aromatic heterocycles. The van der Waals surface area contributed by atoms with Crippen molar-refractivity contribution in [1.29, 1.82) is 0 Å². The maximum Gasteiger partial charge on any atom is 0.227 e. The Balaban J connectivity index is 1.59. The Kier molecular flexibility index (Phi) is 3.95. The third kappa shape index (κ3) is 2.75. The normalized spacial score (nSPS) is 17.3. The summed E-state index contributed by atoms with van der Waals surface area (Å²) in [7, 11) is 0. The van der Waals surface area contributed by atoms with Gasteiger partial charge in [-0.1, -0.05) is 30.3 Å². The number of amides is 1. The van der Waals surface area contributed by atoms with Crippen LogP contribution in [0.2, 0.25) is 0 Å². The number of carbonyl (C=O) groups excluding carboxylic acids is 1. The van der Waals surface area contributed by atoms with Gasteiger partial charge in [0.15, 0.2) is 0 Å². The second kappa shape index (κ2) is 6.40. The zero-order valence-corrected chi connectivity index (χ0v) is 13.4. The summed E-state index contributed by atoms with van der Waals surface area (Å²) in [6.07, 6.45) is 9.74. The van der Waals surface area contributed by atoms with Crippen LogP contribution in [0.3, 0.4) is 0 Å². The second-order valence-corrected chi connectivity index (χ2v) is 6.23. The standard InChI is InChI=1S/C20H19N3O/c24-20(11-17-14-22-12-15-5-1-2-7-18(15)17)23-10-4-8-19(23)16-6-3-9-21-13-16/h1-3,5-7,9,12-14,19H,4,8,10-11H2. The van der Waals surface area contributed by atoms with Crippen LogP contribution in [-0.4, -0.2) is 27.3 Å². The van der Waals surface area contributed by atoms with Gasteiger partial charge in [0.1, 0.15) is 0 Å². The van der Waals surface area contributed by atoms with Crippen molar-refractivity contribution in [1.82, 2.24) is 14.9 Å². The van der Waals surface area contributed by atoms with Crippen molar-refractivity contribution in [3.8, 4) is 0 Å². The monoisotopic (exact) mass is 317 g/mol. The number of fused-ring (bicyclic) bond motifs is 1. The highest BCUT2D eigenvalue weighted by Crippen LogP contribution is 2.32. The smallest absolute Gasteiger partial charge is 0.227 e. The lowest BCUT2D eigenvalue weighted by molar-refractivity contribution is -0.131. The van der Waals surface area contributed by atoms with E-state index in [-0.39, 0.29) is 11.9 Å². The highest BCUT2D eigenvalue weighted by atomic mass is 16.2. The van der Waals surface area contributed by atoms with Gasteiger partial charge in [-0.3, -0.25) is 14.8 Å². The van der Waals surface area contributed by atoms with Gasteiger partial charge in [0.05, 0.1) is 12.5 Å². The first-order chi connectivity index (χ1) is 11.8. The Bertz CT molecular complexity index is 858. The molecule has 1 saturated heterocycles. The van der Waals surface area contributed by atoms with Crippen LogP contribution in [0, 0.1) is 0 Å². The number of hydrogen-bond donors (Lipinski definition) is 0. The van der Waals surface area contributed by atoms with E-state index in [4.69, 9.17) is 0 Å². The van der Waals surface area contributed by atoms with Crippen molar-refractivity contribution < 1.29 is 4.79 Å². The topological polar surface area (TPSA) is 46.1 Å². The van der Waals surface area contributed by atoms with Crippen molar-refractivity contribution in [2.24, 2.45) is 0 Å². The Labute approximate surface area is 141 Å². The zero-order valence-electron chi connectivity index (χ0n) is 13.4. The number of carbonyl (C=O) groups is 1. The molecule has 3 aromatic rings. The zero-order chi connectivity index (χ0) is 16.4. The minimum Gasteiger partial charge on any atom is -0.335 e. The molecule has 0 aliphatic carbocycles. The van der Waals surface area contributed by atoms with E-state index in [2.05, 4.69) is 22.1 Å². The fourth-order valence-electron chi connectivity index (χ4n) is 3.57. The van der Waals surface area contributed by atoms with Crippen LogP contribution in [-0.2, 0) is 11.2 Å². The van der Waals surface area contributed by atoms with Crippen molar-refractivity contribution in [2.45, 2.75) is 25.3 Å². The summed E-state index contributed by atoms with van der Waals surface area (Å²) in [4.78, 5) is 23.4. The average molecular weight is 317 g/mol. The fraction of sp³-hybridized carbons (Fsp3) is 0.250. The van der Waals surface area contributed by atoms with Crippen LogP contribution in [0.1, 0.15) is 30.0 Å². The highest BCUT2D eigenvalue weighted by Gasteiger charge is 2.30. The number of pyridine rings is 2. The summed E-state index contributed by atoms with van der Waals surface area (Å²) in [6, 6.07) is 12.2. The molecule has 0 spiro atoms. The molecule has 0 bridgehead atoms. The minimum absolute atomic E-state index is 0.147. The van der Waals surface area contributed by atoms with Crippen molar-refractivity contribution in [2.75, 3.05) is 6.54 Å². The highest BCUT2D eigenvalue weighted by molar-refractivity contribution is 5.89. The predicted molar refractivity (Wildman–Crippen MR) is 93.4 cm³/mol. The lowest BCUT2D eigenvalue weighted by Gasteiger charge is -2.25. The quantitative estimate of drug-likeness (QED) is 0.742. The predicted octanol–water partition coefficient (Wildman–Crippen LogP) is 3.54. The van der Waals surface area contributed by atoms with Crippen LogP contribution >= 0.6 is 0 Å². The van der Waals surface area contributed by atoms with E-state index >= 15 is 0 Å². The Morgan fingerprint density at radius 1 is 1.08 bits per heavy atom. The Morgan fingerprint density at radius 2 is 2.00 bits per heavy atom. The number of nitrogens with zero attached hydrogens (tertiary/aromatic N) is 3. The molecule has 1 amide bonds. The second-order valence-electron chi connectivity index (χ2n) is 6.23. The van der Waals surface area contributed by atoms with E-state index in [0.29, 0.717) is 6.42 Å². The first-order valence-corrected chi connectivity index (χ1v) is 8.34. The van der Waals surface area contributed by atoms with E-state index in [1.165, 1.54) is 0 Å². The molecule has 4 nitrogen and oxygen atoms in total. The molecule has 0 saturated carbocycles. The van der Waals surface area contributed by atoms with Crippen molar-refractivity contribution >= 4 is 16.7 Å². The van der Waals surface area contributed by atoms with Gasteiger partial charge in [-0.15, -0.1) is 0 Å². The third-order valence-electron chi connectivity index (χ3n) is 4.73. The SMILES string of the molecule is O=C(Cc1cncc2ccccc12)N1CCCC1c1cccnc1. The third-order valence-corrected chi connectivity index (χ3v) is 4.73. The maximum absolute atomic E-state index is 12.9. The van der Waals surface area contributed by atoms with Crippen LogP contribution < -0.4 is 0 Å². The van der Waals surface area contributed by atoms with Gasteiger partial charge in [0.2, 0.25) is 5.91 Å². The van der Waals surface area contributed by atoms with E-state index in [1.54, 1.807) is 6.20 Å². The van der Waals surface area contributed by atoms with Gasteiger partial charge in [-0.25, -0.2) is 0 Å². The molecule has 1 aromatic carbocycles. The molecular weight excluding hydrogens is 298 g/mol. The van der Waals surface area contributed by atoms with Crippen LogP contribution in [0.15, 0.2) is 61.2 Å². The molecule has 0 N–H and O–H groups in total. The summed E-state index contributed by atoms with van der Waals surface area (Å²) in [5.41, 5.74) is 2.12. The number of hydrogen-bond acceptors (Lipinski definition) is 3. The summed E-state index contributed by atoms with van der Waals surface area (Å²) in [5, 5.41) is 2.19. The summed E-state index contributed by atoms with van der Waals surface area (Å²) in [6.45, 7) is 0.816. The van der Waals surface area contributed by atoms with E-state index in [1.807, 2.05) is 47.8 Å². The van der Waals surface area contributed by atoms with E-state index in [9.17, 15) is 4.79 Å². The fourth-order valence-corrected chi connectivity index (χ4v) is 3.57. The molecule has 4 heteroatoms. The molecule has 0 radical (unpaired) electrons. The van der Waals surface area contributed by atoms with Gasteiger partial charge in [-0.05, 0) is 35.4 Å². The summed E-state index contributed by atoms with van der Waals surface area (Å²) in [5.74, 6) is 0.166. The van der Waals surface area contributed by atoms with E-state index in [0.717, 1.165) is 41.3 Å². The van der Waals surface area contributed by atoms with Gasteiger partial charge in [-0.2, -0.15) is 0 Å². The largest absolute Gasteiger partial charge is 0.335 e. The van der Waals surface area contributed by atoms with Crippen LogP contribution in [0.4, 0.5) is 0 Å². The molecule has 1 unspecified atom stereocenters. The number of benzene rings is 1. The van der Waals surface area contributed by atoms with E-state index < -0.39 is 0 Å². The molecule has 3 heterocycles. The molecule has 4 rings (SSSR count). The van der Waals surface area contributed by atoms with Gasteiger partial charge in [0.25, 0.3) is 0 Å². The average Bonchev–Trinajstić information content (AvgIpc) is 3.13. The van der Waals surface area contributed by atoms with Gasteiger partial charge >= 0.3 is 0 Å². The van der Waals surface area contributed by atoms with Gasteiger partial charge < -0.3 is 4.90 Å². The molecule has 1 atom stereocenters. The van der Waals surface area contributed by atoms with Crippen LogP contribution in [0.5, 0.6) is 0 Å². The molecule has 24 heavy (non-hydrogen) atoms. The number of aromatic nitrogens is 2. The lowest BCUT2D eigenvalue weighted by Crippen LogP contribution is -2.32. The summed E-state index contributed by atoms with van der Waals surface area (Å²) >= 11 is 0. The lowest BCUT2D eigenvalue weighted by atomic mass is 10.0. The van der Waals surface area contributed by atoms with Gasteiger partial charge in [0, 0.05) is 36.7 Å². The number of likely N-dealkylation sites (tertiary alicyclic amines) is 1. The van der Waals surface area contributed by atoms with Crippen molar-refractivity contribution in [3.63, 3.8) is 0 Å². The minimum atomic E-state index is 0.147. The molecule has 1 aliphatic heterocycles. The first-order valence-electron chi connectivity index (χ1n) is 8.34. The Morgan fingerprint density at radius 3 is 2.88 bits per heavy atom. The molecule has 120 valence electrons. The summed E-state index contributed by atoms with van der Waals surface area (Å²) < 4.78 is 0. The van der Waals surface area contributed by atoms with Crippen molar-refractivity contribution in [3.05, 3.63) is 72.3 Å². The molecule has 1 aliphatic rings. The number of rotatable bonds is 3. The van der Waals surface area contributed by atoms with Crippen LogP contribution in [0.25, 0.3) is 10.8 Å². The first kappa shape index (κ1) is 14.8. The maximum atomic E-state index is 12.9.